The molecule has 1 aromatic carbocycles. The molecule has 0 unspecified atom stereocenters. The molecular formula is C15H15F5N2O4. The van der Waals surface area contributed by atoms with E-state index in [-0.39, 0.29) is 12.3 Å². The average Bonchev–Trinajstić information content (AvgIpc) is 2.98. The molecule has 2 N–H and O–H groups in total. The monoisotopic (exact) mass is 382 g/mol. The quantitative estimate of drug-likeness (QED) is 0.768. The number of nitrogens with one attached hydrogen (secondary N) is 1. The number of hydrogen-bond donors (Lipinski definition) is 2. The normalized spacial score (nSPS) is 20.3. The number of carboxylic acid groups (broad SMARTS) is 1. The van der Waals surface area contributed by atoms with Crippen LogP contribution in [0.2, 0.25) is 0 Å². The summed E-state index contributed by atoms with van der Waals surface area (Å²) in [5.41, 5.74) is 0.387. The molecule has 0 aromatic heterocycles. The number of halogens is 5. The fourth-order valence-corrected chi connectivity index (χ4v) is 2.67. The van der Waals surface area contributed by atoms with Crippen molar-refractivity contribution in [2.75, 3.05) is 13.1 Å². The molecule has 6 nitrogen and oxygen atoms in total. The number of hydrogen-bond acceptors (Lipinski definition) is 3. The second-order valence-corrected chi connectivity index (χ2v) is 5.68. The Balaban J connectivity index is 1.97. The Hall–Kier alpha value is -2.59. The van der Waals surface area contributed by atoms with E-state index in [4.69, 9.17) is 5.11 Å². The van der Waals surface area contributed by atoms with Crippen LogP contribution in [0.3, 0.4) is 0 Å². The van der Waals surface area contributed by atoms with Gasteiger partial charge in [0, 0.05) is 19.6 Å². The number of carbonyl (C=O) groups is 2. The van der Waals surface area contributed by atoms with Gasteiger partial charge in [-0.3, -0.25) is 4.79 Å². The first-order chi connectivity index (χ1) is 12.1. The summed E-state index contributed by atoms with van der Waals surface area (Å²) in [4.78, 5) is 23.8. The third-order valence-corrected chi connectivity index (χ3v) is 3.91. The van der Waals surface area contributed by atoms with Crippen LogP contribution in [0.5, 0.6) is 5.75 Å². The topological polar surface area (TPSA) is 78.9 Å². The Kier molecular flexibility index (Phi) is 5.88. The number of urea groups is 1. The van der Waals surface area contributed by atoms with Gasteiger partial charge >= 0.3 is 24.8 Å². The van der Waals surface area contributed by atoms with Crippen molar-refractivity contribution in [3.05, 3.63) is 29.8 Å². The number of aliphatic carboxylic acids is 1. The lowest BCUT2D eigenvalue weighted by molar-refractivity contribution is -0.187. The minimum absolute atomic E-state index is 0.129. The summed E-state index contributed by atoms with van der Waals surface area (Å²) >= 11 is 0. The van der Waals surface area contributed by atoms with Gasteiger partial charge in [0.1, 0.15) is 5.75 Å². The number of nitrogens with zero attached hydrogens (tertiary/aromatic N) is 1. The highest BCUT2D eigenvalue weighted by atomic mass is 19.4. The van der Waals surface area contributed by atoms with Gasteiger partial charge in [0.15, 0.2) is 0 Å². The van der Waals surface area contributed by atoms with Gasteiger partial charge < -0.3 is 20.1 Å². The van der Waals surface area contributed by atoms with Crippen molar-refractivity contribution in [3.63, 3.8) is 0 Å². The molecule has 1 aromatic rings. The van der Waals surface area contributed by atoms with E-state index in [1.54, 1.807) is 0 Å². The van der Waals surface area contributed by atoms with Crippen LogP contribution in [-0.4, -0.2) is 47.9 Å². The first kappa shape index (κ1) is 19.7. The molecule has 2 rings (SSSR count). The molecule has 1 aliphatic rings. The molecule has 0 spiro atoms. The molecule has 144 valence electrons. The Morgan fingerprint density at radius 3 is 2.54 bits per heavy atom. The van der Waals surface area contributed by atoms with Gasteiger partial charge in [0.05, 0.1) is 11.8 Å². The molecular weight excluding hydrogens is 367 g/mol. The van der Waals surface area contributed by atoms with Gasteiger partial charge in [-0.2, -0.15) is 22.0 Å². The van der Waals surface area contributed by atoms with Crippen LogP contribution in [0.25, 0.3) is 0 Å². The molecule has 26 heavy (non-hydrogen) atoms. The van der Waals surface area contributed by atoms with Crippen LogP contribution in [0, 0.1) is 11.8 Å². The third-order valence-electron chi connectivity index (χ3n) is 3.91. The number of likely N-dealkylation sites (tertiary alicyclic amines) is 1. The summed E-state index contributed by atoms with van der Waals surface area (Å²) in [6.45, 7) is -4.50. The van der Waals surface area contributed by atoms with E-state index in [1.165, 1.54) is 24.3 Å². The van der Waals surface area contributed by atoms with E-state index >= 15 is 0 Å². The maximum absolute atomic E-state index is 12.9. The lowest BCUT2D eigenvalue weighted by Gasteiger charge is -2.18. The maximum atomic E-state index is 12.9. The third kappa shape index (κ3) is 4.96. The second-order valence-electron chi connectivity index (χ2n) is 5.68. The van der Waals surface area contributed by atoms with Crippen LogP contribution in [0.1, 0.15) is 5.56 Å². The van der Waals surface area contributed by atoms with Crippen LogP contribution in [0.15, 0.2) is 24.3 Å². The zero-order valence-corrected chi connectivity index (χ0v) is 13.2. The van der Waals surface area contributed by atoms with Gasteiger partial charge in [-0.05, 0) is 17.7 Å². The molecule has 1 aliphatic heterocycles. The van der Waals surface area contributed by atoms with Gasteiger partial charge in [-0.15, -0.1) is 0 Å². The molecule has 0 aliphatic carbocycles. The summed E-state index contributed by atoms with van der Waals surface area (Å²) in [5.74, 6) is -5.63. The number of rotatable bonds is 5. The van der Waals surface area contributed by atoms with Gasteiger partial charge in [0.2, 0.25) is 0 Å². The molecule has 11 heteroatoms. The minimum atomic E-state index is -4.74. The zero-order valence-electron chi connectivity index (χ0n) is 13.2. The standard InChI is InChI=1S/C15H15F5N2O4/c16-13(17)26-9-3-1-2-8(4-9)5-21-14(25)22-6-10(12(23)24)11(7-22)15(18,19)20/h1-4,10-11,13H,5-7H2,(H,21,25)(H,23,24)/t10-,11-/m1/s1. The Morgan fingerprint density at radius 2 is 2.00 bits per heavy atom. The Bertz CT molecular complexity index is 668. The molecule has 0 radical (unpaired) electrons. The van der Waals surface area contributed by atoms with E-state index < -0.39 is 49.7 Å². The minimum Gasteiger partial charge on any atom is -0.481 e. The van der Waals surface area contributed by atoms with Gasteiger partial charge in [-0.25, -0.2) is 4.79 Å². The molecule has 0 bridgehead atoms. The SMILES string of the molecule is O=C(O)[C@@H]1CN(C(=O)NCc2cccc(OC(F)F)c2)C[C@H]1C(F)(F)F. The second kappa shape index (κ2) is 7.75. The van der Waals surface area contributed by atoms with Crippen molar-refractivity contribution in [1.29, 1.82) is 0 Å². The van der Waals surface area contributed by atoms with Crippen molar-refractivity contribution in [1.82, 2.24) is 10.2 Å². The van der Waals surface area contributed by atoms with Crippen molar-refractivity contribution in [2.24, 2.45) is 11.8 Å². The number of carboxylic acids is 1. The Morgan fingerprint density at radius 1 is 1.31 bits per heavy atom. The smallest absolute Gasteiger partial charge is 0.394 e. The maximum Gasteiger partial charge on any atom is 0.394 e. The van der Waals surface area contributed by atoms with Gasteiger partial charge in [0.25, 0.3) is 0 Å². The summed E-state index contributed by atoms with van der Waals surface area (Å²) in [5, 5.41) is 11.3. The van der Waals surface area contributed by atoms with Crippen molar-refractivity contribution < 1.29 is 41.4 Å². The fourth-order valence-electron chi connectivity index (χ4n) is 2.67. The number of ether oxygens (including phenoxy) is 1. The van der Waals surface area contributed by atoms with E-state index in [0.717, 1.165) is 4.90 Å². The number of carbonyl (C=O) groups excluding carboxylic acids is 1. The molecule has 2 atom stereocenters. The van der Waals surface area contributed by atoms with Crippen molar-refractivity contribution in [2.45, 2.75) is 19.3 Å². The Labute approximate surface area is 144 Å². The summed E-state index contributed by atoms with van der Waals surface area (Å²) < 4.78 is 67.3. The van der Waals surface area contributed by atoms with E-state index in [2.05, 4.69) is 10.1 Å². The first-order valence-corrected chi connectivity index (χ1v) is 7.44. The highest BCUT2D eigenvalue weighted by molar-refractivity contribution is 5.77. The van der Waals surface area contributed by atoms with E-state index in [1.807, 2.05) is 0 Å². The van der Waals surface area contributed by atoms with Crippen LogP contribution in [-0.2, 0) is 11.3 Å². The fraction of sp³-hybridized carbons (Fsp3) is 0.467. The predicted molar refractivity (Wildman–Crippen MR) is 77.6 cm³/mol. The van der Waals surface area contributed by atoms with E-state index in [9.17, 15) is 31.5 Å². The summed E-state index contributed by atoms with van der Waals surface area (Å²) in [6, 6.07) is 4.57. The molecule has 0 saturated carbocycles. The van der Waals surface area contributed by atoms with Crippen LogP contribution in [0.4, 0.5) is 26.7 Å². The average molecular weight is 382 g/mol. The summed E-state index contributed by atoms with van der Waals surface area (Å²) in [6.07, 6.45) is -4.74. The largest absolute Gasteiger partial charge is 0.481 e. The predicted octanol–water partition coefficient (Wildman–Crippen LogP) is 2.69. The lowest BCUT2D eigenvalue weighted by atomic mass is 9.96. The molecule has 1 saturated heterocycles. The van der Waals surface area contributed by atoms with Crippen LogP contribution >= 0.6 is 0 Å². The summed E-state index contributed by atoms with van der Waals surface area (Å²) in [7, 11) is 0. The number of benzene rings is 1. The molecule has 1 heterocycles. The van der Waals surface area contributed by atoms with Gasteiger partial charge in [-0.1, -0.05) is 12.1 Å². The first-order valence-electron chi connectivity index (χ1n) is 7.44. The number of amides is 2. The number of alkyl halides is 5. The molecule has 1 fully saturated rings. The zero-order chi connectivity index (χ0) is 19.5. The lowest BCUT2D eigenvalue weighted by Crippen LogP contribution is -2.39. The van der Waals surface area contributed by atoms with Crippen LogP contribution < -0.4 is 10.1 Å². The van der Waals surface area contributed by atoms with Crippen molar-refractivity contribution >= 4 is 12.0 Å². The highest BCUT2D eigenvalue weighted by Gasteiger charge is 2.53. The highest BCUT2D eigenvalue weighted by Crippen LogP contribution is 2.37. The van der Waals surface area contributed by atoms with Crippen molar-refractivity contribution in [3.8, 4) is 5.75 Å². The van der Waals surface area contributed by atoms with E-state index in [0.29, 0.717) is 5.56 Å². The molecule has 2 amide bonds.